The molecule has 2 heterocycles. The van der Waals surface area contributed by atoms with Gasteiger partial charge in [0.25, 0.3) is 5.91 Å². The summed E-state index contributed by atoms with van der Waals surface area (Å²) < 4.78 is 0. The molecule has 1 aliphatic heterocycles. The Labute approximate surface area is 130 Å². The number of nitrogen functional groups attached to an aromatic ring is 1. The number of hydrogen-bond acceptors (Lipinski definition) is 4. The largest absolute Gasteiger partial charge is 0.384 e. The first kappa shape index (κ1) is 14.5. The maximum atomic E-state index is 12.2. The molecule has 1 amide bonds. The number of rotatable bonds is 4. The lowest BCUT2D eigenvalue weighted by molar-refractivity contribution is 0.0932. The number of benzene rings is 1. The highest BCUT2D eigenvalue weighted by Crippen LogP contribution is 2.14. The van der Waals surface area contributed by atoms with Crippen LogP contribution in [-0.2, 0) is 6.54 Å². The molecule has 0 saturated carbocycles. The molecule has 114 valence electrons. The molecule has 5 heteroatoms. The van der Waals surface area contributed by atoms with Crippen molar-refractivity contribution in [2.75, 3.05) is 18.8 Å². The number of nitrogens with two attached hydrogens (primary N) is 1. The Balaban J connectivity index is 1.54. The summed E-state index contributed by atoms with van der Waals surface area (Å²) in [5, 5.41) is 3.04. The summed E-state index contributed by atoms with van der Waals surface area (Å²) in [6.45, 7) is 2.77. The van der Waals surface area contributed by atoms with Gasteiger partial charge in [0.05, 0.1) is 0 Å². The van der Waals surface area contributed by atoms with E-state index in [-0.39, 0.29) is 11.9 Å². The second kappa shape index (κ2) is 6.58. The minimum atomic E-state index is -0.154. The molecule has 1 fully saturated rings. The lowest BCUT2D eigenvalue weighted by atomic mass is 10.2. The Bertz CT molecular complexity index is 644. The molecule has 0 spiro atoms. The van der Waals surface area contributed by atoms with Crippen LogP contribution in [0.25, 0.3) is 0 Å². The van der Waals surface area contributed by atoms with Crippen LogP contribution < -0.4 is 11.1 Å². The Morgan fingerprint density at radius 2 is 2.05 bits per heavy atom. The van der Waals surface area contributed by atoms with Gasteiger partial charge < -0.3 is 11.1 Å². The third-order valence-corrected chi connectivity index (χ3v) is 3.86. The molecule has 0 radical (unpaired) electrons. The van der Waals surface area contributed by atoms with Gasteiger partial charge in [-0.1, -0.05) is 36.4 Å². The minimum Gasteiger partial charge on any atom is -0.384 e. The van der Waals surface area contributed by atoms with E-state index < -0.39 is 0 Å². The summed E-state index contributed by atoms with van der Waals surface area (Å²) in [5.74, 6) is 0.212. The van der Waals surface area contributed by atoms with Gasteiger partial charge in [0.1, 0.15) is 11.5 Å². The average Bonchev–Trinajstić information content (AvgIpc) is 2.95. The summed E-state index contributed by atoms with van der Waals surface area (Å²) in [6.07, 6.45) is 0.959. The molecule has 2 aromatic rings. The Morgan fingerprint density at radius 1 is 1.23 bits per heavy atom. The van der Waals surface area contributed by atoms with Crippen LogP contribution in [0.15, 0.2) is 48.5 Å². The smallest absolute Gasteiger partial charge is 0.270 e. The van der Waals surface area contributed by atoms with Crippen LogP contribution in [0.5, 0.6) is 0 Å². The van der Waals surface area contributed by atoms with E-state index in [0.717, 1.165) is 26.1 Å². The van der Waals surface area contributed by atoms with Crippen LogP contribution in [0, 0.1) is 0 Å². The van der Waals surface area contributed by atoms with Gasteiger partial charge in [-0.15, -0.1) is 0 Å². The zero-order valence-electron chi connectivity index (χ0n) is 12.4. The molecule has 1 aromatic heterocycles. The van der Waals surface area contributed by atoms with Gasteiger partial charge in [0, 0.05) is 25.7 Å². The molecule has 0 bridgehead atoms. The van der Waals surface area contributed by atoms with Crippen molar-refractivity contribution in [3.63, 3.8) is 0 Å². The van der Waals surface area contributed by atoms with Crippen LogP contribution in [0.3, 0.4) is 0 Å². The number of likely N-dealkylation sites (tertiary alicyclic amines) is 1. The van der Waals surface area contributed by atoms with E-state index in [4.69, 9.17) is 5.73 Å². The highest BCUT2D eigenvalue weighted by molar-refractivity contribution is 5.92. The number of pyridine rings is 1. The van der Waals surface area contributed by atoms with E-state index in [0.29, 0.717) is 11.5 Å². The second-order valence-electron chi connectivity index (χ2n) is 5.63. The van der Waals surface area contributed by atoms with Crippen molar-refractivity contribution in [2.24, 2.45) is 0 Å². The standard InChI is InChI=1S/C17H20N4O/c18-16-8-4-7-15(20-16)17(22)19-14-9-10-21(12-14)11-13-5-2-1-3-6-13/h1-8,14H,9-12H2,(H2,18,20)(H,19,22). The highest BCUT2D eigenvalue weighted by Gasteiger charge is 2.24. The normalized spacial score (nSPS) is 18.3. The molecule has 0 aliphatic carbocycles. The van der Waals surface area contributed by atoms with Gasteiger partial charge in [-0.25, -0.2) is 4.98 Å². The molecule has 5 nitrogen and oxygen atoms in total. The third kappa shape index (κ3) is 3.62. The summed E-state index contributed by atoms with van der Waals surface area (Å²) >= 11 is 0. The predicted octanol–water partition coefficient (Wildman–Crippen LogP) is 1.67. The van der Waals surface area contributed by atoms with Gasteiger partial charge in [-0.05, 0) is 24.1 Å². The maximum Gasteiger partial charge on any atom is 0.270 e. The fourth-order valence-electron chi connectivity index (χ4n) is 2.77. The molecule has 1 atom stereocenters. The highest BCUT2D eigenvalue weighted by atomic mass is 16.1. The first-order valence-electron chi connectivity index (χ1n) is 7.50. The molecule has 3 N–H and O–H groups in total. The quantitative estimate of drug-likeness (QED) is 0.900. The molecule has 22 heavy (non-hydrogen) atoms. The van der Waals surface area contributed by atoms with Crippen LogP contribution in [0.1, 0.15) is 22.5 Å². The van der Waals surface area contributed by atoms with E-state index >= 15 is 0 Å². The zero-order chi connectivity index (χ0) is 15.4. The van der Waals surface area contributed by atoms with E-state index in [9.17, 15) is 4.79 Å². The van der Waals surface area contributed by atoms with Crippen LogP contribution in [0.2, 0.25) is 0 Å². The van der Waals surface area contributed by atoms with Gasteiger partial charge in [-0.3, -0.25) is 9.69 Å². The van der Waals surface area contributed by atoms with E-state index in [1.54, 1.807) is 18.2 Å². The van der Waals surface area contributed by atoms with Crippen molar-refractivity contribution in [3.8, 4) is 0 Å². The molecule has 1 aromatic carbocycles. The van der Waals surface area contributed by atoms with Crippen LogP contribution >= 0.6 is 0 Å². The van der Waals surface area contributed by atoms with Crippen molar-refractivity contribution in [1.29, 1.82) is 0 Å². The van der Waals surface area contributed by atoms with Crippen molar-refractivity contribution >= 4 is 11.7 Å². The number of aromatic nitrogens is 1. The van der Waals surface area contributed by atoms with E-state index in [2.05, 4.69) is 39.5 Å². The Kier molecular flexibility index (Phi) is 4.34. The Morgan fingerprint density at radius 3 is 2.82 bits per heavy atom. The number of nitrogens with one attached hydrogen (secondary N) is 1. The molecular formula is C17H20N4O. The lowest BCUT2D eigenvalue weighted by Gasteiger charge is -2.16. The first-order valence-corrected chi connectivity index (χ1v) is 7.50. The third-order valence-electron chi connectivity index (χ3n) is 3.86. The van der Waals surface area contributed by atoms with E-state index in [1.165, 1.54) is 5.56 Å². The number of nitrogens with zero attached hydrogens (tertiary/aromatic N) is 2. The fraction of sp³-hybridized carbons (Fsp3) is 0.294. The number of hydrogen-bond donors (Lipinski definition) is 2. The van der Waals surface area contributed by atoms with Crippen molar-refractivity contribution in [3.05, 3.63) is 59.8 Å². The van der Waals surface area contributed by atoms with E-state index in [1.807, 2.05) is 6.07 Å². The fourth-order valence-corrected chi connectivity index (χ4v) is 2.77. The minimum absolute atomic E-state index is 0.154. The molecule has 1 saturated heterocycles. The van der Waals surface area contributed by atoms with Crippen molar-refractivity contribution < 1.29 is 4.79 Å². The second-order valence-corrected chi connectivity index (χ2v) is 5.63. The number of amides is 1. The molecule has 3 rings (SSSR count). The molecule has 1 unspecified atom stereocenters. The number of carbonyl (C=O) groups is 1. The number of anilines is 1. The predicted molar refractivity (Wildman–Crippen MR) is 86.2 cm³/mol. The summed E-state index contributed by atoms with van der Waals surface area (Å²) in [6, 6.07) is 15.6. The van der Waals surface area contributed by atoms with Gasteiger partial charge in [0.2, 0.25) is 0 Å². The van der Waals surface area contributed by atoms with Crippen molar-refractivity contribution in [2.45, 2.75) is 19.0 Å². The van der Waals surface area contributed by atoms with Gasteiger partial charge in [-0.2, -0.15) is 0 Å². The Hall–Kier alpha value is -2.40. The van der Waals surface area contributed by atoms with Gasteiger partial charge >= 0.3 is 0 Å². The average molecular weight is 296 g/mol. The summed E-state index contributed by atoms with van der Waals surface area (Å²) in [5.41, 5.74) is 7.29. The topological polar surface area (TPSA) is 71.2 Å². The van der Waals surface area contributed by atoms with Crippen molar-refractivity contribution in [1.82, 2.24) is 15.2 Å². The monoisotopic (exact) mass is 296 g/mol. The zero-order valence-corrected chi connectivity index (χ0v) is 12.4. The van der Waals surface area contributed by atoms with Crippen LogP contribution in [0.4, 0.5) is 5.82 Å². The van der Waals surface area contributed by atoms with Gasteiger partial charge in [0.15, 0.2) is 0 Å². The molecule has 1 aliphatic rings. The summed E-state index contributed by atoms with van der Waals surface area (Å²) in [7, 11) is 0. The first-order chi connectivity index (χ1) is 10.7. The van der Waals surface area contributed by atoms with Crippen LogP contribution in [-0.4, -0.2) is 34.9 Å². The lowest BCUT2D eigenvalue weighted by Crippen LogP contribution is -2.37. The maximum absolute atomic E-state index is 12.2. The summed E-state index contributed by atoms with van der Waals surface area (Å²) in [4.78, 5) is 18.6. The molecular weight excluding hydrogens is 276 g/mol. The number of carbonyl (C=O) groups excluding carboxylic acids is 1. The SMILES string of the molecule is Nc1cccc(C(=O)NC2CCN(Cc3ccccc3)C2)n1.